The topological polar surface area (TPSA) is 114 Å². The maximum atomic E-state index is 11.8. The van der Waals surface area contributed by atoms with E-state index in [-0.39, 0.29) is 35.7 Å². The van der Waals surface area contributed by atoms with Crippen LogP contribution in [-0.4, -0.2) is 58.2 Å². The van der Waals surface area contributed by atoms with E-state index in [9.17, 15) is 13.5 Å². The van der Waals surface area contributed by atoms with Gasteiger partial charge in [0.25, 0.3) is 0 Å². The molecule has 1 aliphatic heterocycles. The van der Waals surface area contributed by atoms with Crippen molar-refractivity contribution in [1.29, 1.82) is 0 Å². The van der Waals surface area contributed by atoms with E-state index in [1.165, 1.54) is 0 Å². The first kappa shape index (κ1) is 23.2. The first-order valence-corrected chi connectivity index (χ1v) is 13.6. The smallest absolute Gasteiger partial charge is 0.224 e. The number of nitrogens with one attached hydrogen (secondary N) is 1. The maximum Gasteiger partial charge on any atom is 0.224 e. The number of aliphatic hydroxyl groups excluding tert-OH is 1. The van der Waals surface area contributed by atoms with Crippen LogP contribution in [0.5, 0.6) is 5.88 Å². The molecule has 0 aromatic carbocycles. The molecule has 9 heteroatoms. The van der Waals surface area contributed by atoms with Gasteiger partial charge in [0.15, 0.2) is 9.84 Å². The second-order valence-corrected chi connectivity index (χ2v) is 11.6. The van der Waals surface area contributed by atoms with Crippen LogP contribution in [0.1, 0.15) is 76.7 Å². The van der Waals surface area contributed by atoms with E-state index in [1.54, 1.807) is 6.20 Å². The monoisotopic (exact) mass is 462 g/mol. The zero-order valence-corrected chi connectivity index (χ0v) is 19.8. The molecule has 1 saturated carbocycles. The van der Waals surface area contributed by atoms with Gasteiger partial charge in [-0.1, -0.05) is 13.3 Å². The van der Waals surface area contributed by atoms with Crippen molar-refractivity contribution in [2.45, 2.75) is 89.4 Å². The molecule has 0 spiro atoms. The number of sulfone groups is 1. The summed E-state index contributed by atoms with van der Waals surface area (Å²) in [6.07, 6.45) is 9.65. The molecule has 1 unspecified atom stereocenters. The van der Waals surface area contributed by atoms with E-state index in [1.807, 2.05) is 6.20 Å². The van der Waals surface area contributed by atoms with Crippen LogP contribution in [0.15, 0.2) is 12.4 Å². The van der Waals surface area contributed by atoms with Crippen molar-refractivity contribution in [1.82, 2.24) is 15.0 Å². The van der Waals surface area contributed by atoms with Gasteiger partial charge in [0.2, 0.25) is 11.8 Å². The van der Waals surface area contributed by atoms with E-state index >= 15 is 0 Å². The predicted molar refractivity (Wildman–Crippen MR) is 125 cm³/mol. The zero-order chi connectivity index (χ0) is 22.7. The van der Waals surface area contributed by atoms with Crippen molar-refractivity contribution in [3.63, 3.8) is 0 Å². The lowest BCUT2D eigenvalue weighted by Gasteiger charge is -2.27. The van der Waals surface area contributed by atoms with Crippen LogP contribution in [0.3, 0.4) is 0 Å². The number of hydrogen-bond acceptors (Lipinski definition) is 8. The molecular weight excluding hydrogens is 428 g/mol. The summed E-state index contributed by atoms with van der Waals surface area (Å²) in [5, 5.41) is 14.1. The SMILES string of the molecule is CCCC(C)Nc1ncc2c(OC3CCS(=O)(=O)CC3)ncc(C3CCC(O)CC3)c2n1. The fourth-order valence-corrected chi connectivity index (χ4v) is 6.18. The lowest BCUT2D eigenvalue weighted by molar-refractivity contribution is 0.122. The summed E-state index contributed by atoms with van der Waals surface area (Å²) in [6.45, 7) is 4.28. The van der Waals surface area contributed by atoms with Gasteiger partial charge in [0.1, 0.15) is 6.10 Å². The van der Waals surface area contributed by atoms with Gasteiger partial charge in [-0.2, -0.15) is 0 Å². The maximum absolute atomic E-state index is 11.8. The average molecular weight is 463 g/mol. The predicted octanol–water partition coefficient (Wildman–Crippen LogP) is 3.60. The summed E-state index contributed by atoms with van der Waals surface area (Å²) in [6, 6.07) is 0.271. The van der Waals surface area contributed by atoms with Crippen LogP contribution in [0.2, 0.25) is 0 Å². The lowest BCUT2D eigenvalue weighted by Crippen LogP contribution is -2.31. The average Bonchev–Trinajstić information content (AvgIpc) is 2.76. The highest BCUT2D eigenvalue weighted by Gasteiger charge is 2.28. The highest BCUT2D eigenvalue weighted by molar-refractivity contribution is 7.91. The third-order valence-electron chi connectivity index (χ3n) is 6.63. The van der Waals surface area contributed by atoms with E-state index in [0.29, 0.717) is 24.7 Å². The number of nitrogens with zero attached hydrogens (tertiary/aromatic N) is 3. The van der Waals surface area contributed by atoms with Crippen LogP contribution in [0, 0.1) is 0 Å². The fourth-order valence-electron chi connectivity index (χ4n) is 4.74. The quantitative estimate of drug-likeness (QED) is 0.641. The third kappa shape index (κ3) is 5.49. The van der Waals surface area contributed by atoms with Crippen molar-refractivity contribution in [3.8, 4) is 5.88 Å². The molecule has 3 heterocycles. The summed E-state index contributed by atoms with van der Waals surface area (Å²) in [4.78, 5) is 14.0. The molecule has 2 fully saturated rings. The number of hydrogen-bond donors (Lipinski definition) is 2. The fraction of sp³-hybridized carbons (Fsp3) is 0.696. The van der Waals surface area contributed by atoms with Crippen molar-refractivity contribution < 1.29 is 18.3 Å². The van der Waals surface area contributed by atoms with E-state index in [2.05, 4.69) is 29.1 Å². The van der Waals surface area contributed by atoms with Gasteiger partial charge < -0.3 is 15.2 Å². The Kier molecular flexibility index (Phi) is 7.14. The molecule has 176 valence electrons. The number of fused-ring (bicyclic) bond motifs is 1. The molecule has 4 rings (SSSR count). The molecule has 2 aromatic heterocycles. The highest BCUT2D eigenvalue weighted by Crippen LogP contribution is 2.38. The van der Waals surface area contributed by atoms with Crippen LogP contribution in [-0.2, 0) is 9.84 Å². The van der Waals surface area contributed by atoms with Gasteiger partial charge in [0.05, 0.1) is 28.5 Å². The molecule has 1 saturated heterocycles. The van der Waals surface area contributed by atoms with Crippen molar-refractivity contribution in [2.75, 3.05) is 16.8 Å². The van der Waals surface area contributed by atoms with Crippen molar-refractivity contribution >= 4 is 26.7 Å². The van der Waals surface area contributed by atoms with Gasteiger partial charge in [-0.25, -0.2) is 23.4 Å². The molecule has 2 aromatic rings. The first-order chi connectivity index (χ1) is 15.3. The Hall–Kier alpha value is -2.00. The second-order valence-electron chi connectivity index (χ2n) is 9.28. The van der Waals surface area contributed by atoms with Crippen LogP contribution in [0.25, 0.3) is 10.9 Å². The van der Waals surface area contributed by atoms with E-state index in [4.69, 9.17) is 9.72 Å². The van der Waals surface area contributed by atoms with Crippen LogP contribution >= 0.6 is 0 Å². The molecule has 0 amide bonds. The standard InChI is InChI=1S/C23H34N4O4S/c1-3-4-15(2)26-23-25-14-20-21(27-23)19(16-5-7-17(28)8-6-16)13-24-22(20)31-18-9-11-32(29,30)12-10-18/h13-18,28H,3-12H2,1-2H3,(H,25,26,27). The Balaban J connectivity index is 1.65. The molecule has 8 nitrogen and oxygen atoms in total. The van der Waals surface area contributed by atoms with Crippen LogP contribution in [0.4, 0.5) is 5.95 Å². The molecular formula is C23H34N4O4S. The minimum absolute atomic E-state index is 0.151. The van der Waals surface area contributed by atoms with Crippen molar-refractivity contribution in [3.05, 3.63) is 18.0 Å². The Morgan fingerprint density at radius 1 is 1.12 bits per heavy atom. The van der Waals surface area contributed by atoms with Crippen LogP contribution < -0.4 is 10.1 Å². The second kappa shape index (κ2) is 9.87. The van der Waals surface area contributed by atoms with Crippen molar-refractivity contribution in [2.24, 2.45) is 0 Å². The molecule has 1 atom stereocenters. The number of ether oxygens (including phenoxy) is 1. The van der Waals surface area contributed by atoms with Gasteiger partial charge in [-0.15, -0.1) is 0 Å². The molecule has 0 radical (unpaired) electrons. The summed E-state index contributed by atoms with van der Waals surface area (Å²) < 4.78 is 29.7. The van der Waals surface area contributed by atoms with Gasteiger partial charge in [0, 0.05) is 24.0 Å². The lowest BCUT2D eigenvalue weighted by atomic mass is 9.83. The van der Waals surface area contributed by atoms with Gasteiger partial charge >= 0.3 is 0 Å². The minimum atomic E-state index is -2.95. The number of pyridine rings is 1. The Bertz CT molecular complexity index is 1020. The van der Waals surface area contributed by atoms with Gasteiger partial charge in [-0.05, 0) is 57.8 Å². The van der Waals surface area contributed by atoms with Gasteiger partial charge in [-0.3, -0.25) is 0 Å². The summed E-state index contributed by atoms with van der Waals surface area (Å²) >= 11 is 0. The number of aromatic nitrogens is 3. The molecule has 32 heavy (non-hydrogen) atoms. The first-order valence-electron chi connectivity index (χ1n) is 11.8. The van der Waals surface area contributed by atoms with E-state index < -0.39 is 9.84 Å². The Morgan fingerprint density at radius 2 is 1.84 bits per heavy atom. The number of aliphatic hydroxyl groups is 1. The minimum Gasteiger partial charge on any atom is -0.474 e. The number of rotatable bonds is 7. The molecule has 1 aliphatic carbocycles. The molecule has 2 N–H and O–H groups in total. The number of anilines is 1. The van der Waals surface area contributed by atoms with E-state index in [0.717, 1.165) is 55.0 Å². The summed E-state index contributed by atoms with van der Waals surface area (Å²) in [5.41, 5.74) is 1.90. The highest BCUT2D eigenvalue weighted by atomic mass is 32.2. The third-order valence-corrected chi connectivity index (χ3v) is 8.34. The summed E-state index contributed by atoms with van der Waals surface area (Å²) in [7, 11) is -2.95. The molecule has 2 aliphatic rings. The molecule has 0 bridgehead atoms. The Labute approximate surface area is 190 Å². The Morgan fingerprint density at radius 3 is 2.53 bits per heavy atom. The zero-order valence-electron chi connectivity index (χ0n) is 19.0. The normalized spacial score (nSPS) is 24.8. The summed E-state index contributed by atoms with van der Waals surface area (Å²) in [5.74, 6) is 1.65. The largest absolute Gasteiger partial charge is 0.474 e.